The van der Waals surface area contributed by atoms with Crippen LogP contribution >= 0.6 is 0 Å². The van der Waals surface area contributed by atoms with E-state index in [0.717, 1.165) is 29.3 Å². The summed E-state index contributed by atoms with van der Waals surface area (Å²) in [6, 6.07) is 12.4. The molecule has 3 aliphatic heterocycles. The molecule has 3 aliphatic rings. The maximum absolute atomic E-state index is 13.8. The Bertz CT molecular complexity index is 1670. The molecular formula is C33H36FN7O3. The molecule has 2 saturated heterocycles. The van der Waals surface area contributed by atoms with Gasteiger partial charge in [0.1, 0.15) is 11.9 Å². The second-order valence-corrected chi connectivity index (χ2v) is 11.9. The largest absolute Gasteiger partial charge is 0.463 e. The molecule has 0 radical (unpaired) electrons. The predicted octanol–water partition coefficient (Wildman–Crippen LogP) is 3.78. The number of hydrogen-bond donors (Lipinski definition) is 0. The van der Waals surface area contributed by atoms with Gasteiger partial charge in [0.05, 0.1) is 18.8 Å². The SMILES string of the molecule is [C-]#[N+]C[C@H]1CN(c2nc(OC[C@H]3CC(=O)N(C)C3)nc3c2CCN(c2cccc4cccc(C)c24)C3)CCN1C(=O)C(=C)F. The standard InChI is InChI=1S/C33H36FN7O3/c1-21-7-5-8-24-9-6-10-28(30(21)24)39-12-11-26-27(19-39)36-33(44-20-23-15-29(42)38(4)17-23)37-31(26)40-13-14-41(32(43)22(2)34)25(18-40)16-35-3/h5-10,23,25H,2,11-20H2,1,4H3/t23-,25-/m0/s1. The van der Waals surface area contributed by atoms with Crippen molar-refractivity contribution in [2.45, 2.75) is 32.4 Å². The van der Waals surface area contributed by atoms with Crippen molar-refractivity contribution in [3.63, 3.8) is 0 Å². The molecule has 0 unspecified atom stereocenters. The van der Waals surface area contributed by atoms with Crippen LogP contribution in [0.25, 0.3) is 15.6 Å². The van der Waals surface area contributed by atoms with E-state index in [4.69, 9.17) is 21.3 Å². The first-order chi connectivity index (χ1) is 21.2. The highest BCUT2D eigenvalue weighted by Gasteiger charge is 2.36. The summed E-state index contributed by atoms with van der Waals surface area (Å²) in [5, 5.41) is 2.41. The summed E-state index contributed by atoms with van der Waals surface area (Å²) < 4.78 is 20.0. The number of benzene rings is 2. The van der Waals surface area contributed by atoms with Crippen LogP contribution in [0.1, 0.15) is 23.2 Å². The molecule has 1 aromatic heterocycles. The van der Waals surface area contributed by atoms with Gasteiger partial charge in [-0.2, -0.15) is 9.97 Å². The maximum Gasteiger partial charge on any atom is 0.318 e. The normalized spacial score (nSPS) is 20.1. The fourth-order valence-corrected chi connectivity index (χ4v) is 6.68. The van der Waals surface area contributed by atoms with E-state index < -0.39 is 17.8 Å². The number of hydrogen-bond acceptors (Lipinski definition) is 7. The minimum atomic E-state index is -1.02. The van der Waals surface area contributed by atoms with Crippen LogP contribution in [0, 0.1) is 19.4 Å². The highest BCUT2D eigenvalue weighted by molar-refractivity contribution is 5.97. The van der Waals surface area contributed by atoms with E-state index in [0.29, 0.717) is 45.6 Å². The molecule has 0 saturated carbocycles. The van der Waals surface area contributed by atoms with Gasteiger partial charge in [-0.3, -0.25) is 9.59 Å². The first-order valence-corrected chi connectivity index (χ1v) is 15.0. The lowest BCUT2D eigenvalue weighted by Gasteiger charge is -2.41. The molecule has 44 heavy (non-hydrogen) atoms. The average molecular weight is 598 g/mol. The second kappa shape index (κ2) is 12.1. The molecule has 4 heterocycles. The number of anilines is 2. The number of rotatable bonds is 7. The molecule has 11 heteroatoms. The fourth-order valence-electron chi connectivity index (χ4n) is 6.68. The van der Waals surface area contributed by atoms with E-state index in [1.807, 2.05) is 0 Å². The van der Waals surface area contributed by atoms with Crippen LogP contribution in [0.15, 0.2) is 48.8 Å². The molecule has 3 aromatic rings. The quantitative estimate of drug-likeness (QED) is 0.303. The van der Waals surface area contributed by atoms with E-state index in [9.17, 15) is 14.0 Å². The van der Waals surface area contributed by atoms with Gasteiger partial charge in [-0.15, -0.1) is 0 Å². The van der Waals surface area contributed by atoms with Crippen molar-refractivity contribution in [2.24, 2.45) is 5.92 Å². The molecule has 2 fully saturated rings. The minimum Gasteiger partial charge on any atom is -0.463 e. The Hall–Kier alpha value is -4.72. The summed E-state index contributed by atoms with van der Waals surface area (Å²) in [7, 11) is 1.79. The van der Waals surface area contributed by atoms with E-state index in [1.165, 1.54) is 21.2 Å². The molecule has 6 rings (SSSR count). The Morgan fingerprint density at radius 3 is 2.66 bits per heavy atom. The monoisotopic (exact) mass is 597 g/mol. The Morgan fingerprint density at radius 2 is 1.93 bits per heavy atom. The van der Waals surface area contributed by atoms with Crippen LogP contribution in [0.2, 0.25) is 0 Å². The van der Waals surface area contributed by atoms with Gasteiger partial charge in [-0.05, 0) is 30.4 Å². The van der Waals surface area contributed by atoms with E-state index in [2.05, 4.69) is 64.5 Å². The molecule has 0 bridgehead atoms. The van der Waals surface area contributed by atoms with Crippen LogP contribution in [0.4, 0.5) is 15.9 Å². The molecular weight excluding hydrogens is 561 g/mol. The molecule has 228 valence electrons. The lowest BCUT2D eigenvalue weighted by molar-refractivity contribution is -0.131. The van der Waals surface area contributed by atoms with Gasteiger partial charge < -0.3 is 29.2 Å². The number of likely N-dealkylation sites (tertiary alicyclic amines) is 1. The highest BCUT2D eigenvalue weighted by Crippen LogP contribution is 2.36. The van der Waals surface area contributed by atoms with Crippen LogP contribution in [-0.2, 0) is 22.6 Å². The summed E-state index contributed by atoms with van der Waals surface area (Å²) >= 11 is 0. The van der Waals surface area contributed by atoms with Crippen LogP contribution in [-0.4, -0.2) is 90.5 Å². The number of amides is 2. The van der Waals surface area contributed by atoms with Crippen LogP contribution < -0.4 is 14.5 Å². The van der Waals surface area contributed by atoms with Crippen molar-refractivity contribution < 1.29 is 18.7 Å². The number of carbonyl (C=O) groups excluding carboxylic acids is 2. The summed E-state index contributed by atoms with van der Waals surface area (Å²) in [4.78, 5) is 45.4. The van der Waals surface area contributed by atoms with Gasteiger partial charge in [-0.1, -0.05) is 36.9 Å². The van der Waals surface area contributed by atoms with E-state index >= 15 is 0 Å². The summed E-state index contributed by atoms with van der Waals surface area (Å²) in [6.07, 6.45) is 1.12. The number of fused-ring (bicyclic) bond motifs is 2. The van der Waals surface area contributed by atoms with Crippen molar-refractivity contribution in [2.75, 3.05) is 62.7 Å². The van der Waals surface area contributed by atoms with Gasteiger partial charge in [0.2, 0.25) is 12.5 Å². The average Bonchev–Trinajstić information content (AvgIpc) is 3.35. The third-order valence-corrected chi connectivity index (χ3v) is 8.90. The third kappa shape index (κ3) is 5.64. The predicted molar refractivity (Wildman–Crippen MR) is 166 cm³/mol. The first-order valence-electron chi connectivity index (χ1n) is 15.0. The van der Waals surface area contributed by atoms with E-state index in [-0.39, 0.29) is 30.9 Å². The van der Waals surface area contributed by atoms with Gasteiger partial charge >= 0.3 is 6.01 Å². The van der Waals surface area contributed by atoms with Gasteiger partial charge in [-0.25, -0.2) is 11.0 Å². The summed E-state index contributed by atoms with van der Waals surface area (Å²) in [5.74, 6) is -0.926. The van der Waals surface area contributed by atoms with Crippen molar-refractivity contribution in [1.82, 2.24) is 19.8 Å². The molecule has 2 atom stereocenters. The molecule has 2 amide bonds. The molecule has 0 spiro atoms. The maximum atomic E-state index is 13.8. The van der Waals surface area contributed by atoms with Crippen molar-refractivity contribution in [3.05, 3.63) is 77.0 Å². The van der Waals surface area contributed by atoms with Crippen molar-refractivity contribution in [1.29, 1.82) is 0 Å². The third-order valence-electron chi connectivity index (χ3n) is 8.90. The summed E-state index contributed by atoms with van der Waals surface area (Å²) in [5.41, 5.74) is 4.23. The molecule has 0 N–H and O–H groups in total. The number of nitrogens with zero attached hydrogens (tertiary/aromatic N) is 7. The lowest BCUT2D eigenvalue weighted by atomic mass is 9.99. The Kier molecular flexibility index (Phi) is 8.08. The van der Waals surface area contributed by atoms with Crippen molar-refractivity contribution >= 4 is 34.1 Å². The van der Waals surface area contributed by atoms with E-state index in [1.54, 1.807) is 11.9 Å². The Labute approximate surface area is 256 Å². The number of aromatic nitrogens is 2. The minimum absolute atomic E-state index is 0.0452. The topological polar surface area (TPSA) is 86.5 Å². The zero-order valence-corrected chi connectivity index (χ0v) is 25.1. The molecule has 2 aromatic carbocycles. The van der Waals surface area contributed by atoms with Crippen molar-refractivity contribution in [3.8, 4) is 6.01 Å². The lowest BCUT2D eigenvalue weighted by Crippen LogP contribution is -2.57. The summed E-state index contributed by atoms with van der Waals surface area (Å²) in [6.45, 7) is 16.1. The Morgan fingerprint density at radius 1 is 1.14 bits per heavy atom. The van der Waals surface area contributed by atoms with Crippen LogP contribution in [0.5, 0.6) is 6.01 Å². The van der Waals surface area contributed by atoms with Crippen LogP contribution in [0.3, 0.4) is 0 Å². The molecule has 0 aliphatic carbocycles. The Balaban J connectivity index is 1.33. The number of carbonyl (C=O) groups is 2. The number of halogens is 1. The first kappa shape index (κ1) is 29.4. The number of aryl methyl sites for hydroxylation is 1. The van der Waals surface area contributed by atoms with Gasteiger partial charge in [0.25, 0.3) is 5.91 Å². The second-order valence-electron chi connectivity index (χ2n) is 11.9. The zero-order valence-electron chi connectivity index (χ0n) is 25.1. The zero-order chi connectivity index (χ0) is 31.0. The van der Waals surface area contributed by atoms with Gasteiger partial charge in [0.15, 0.2) is 5.83 Å². The number of piperazine rings is 1. The number of ether oxygens (including phenoxy) is 1. The highest BCUT2D eigenvalue weighted by atomic mass is 19.1. The fraction of sp³-hybridized carbons (Fsp3) is 0.424. The molecule has 10 nitrogen and oxygen atoms in total. The van der Waals surface area contributed by atoms with Gasteiger partial charge in [0, 0.05) is 68.7 Å². The smallest absolute Gasteiger partial charge is 0.318 e.